The summed E-state index contributed by atoms with van der Waals surface area (Å²) in [7, 11) is 0. The van der Waals surface area contributed by atoms with Crippen LogP contribution in [0.15, 0.2) is 52.5 Å². The van der Waals surface area contributed by atoms with Crippen LogP contribution in [-0.2, 0) is 11.2 Å². The maximum absolute atomic E-state index is 12.6. The van der Waals surface area contributed by atoms with Gasteiger partial charge < -0.3 is 14.2 Å². The lowest BCUT2D eigenvalue weighted by Crippen LogP contribution is -2.50. The fourth-order valence-corrected chi connectivity index (χ4v) is 4.02. The molecule has 0 aliphatic carbocycles. The molecule has 2 aromatic heterocycles. The molecule has 28 heavy (non-hydrogen) atoms. The van der Waals surface area contributed by atoms with E-state index in [4.69, 9.17) is 4.42 Å². The molecule has 0 spiro atoms. The van der Waals surface area contributed by atoms with Crippen molar-refractivity contribution in [2.24, 2.45) is 0 Å². The van der Waals surface area contributed by atoms with Gasteiger partial charge in [0.05, 0.1) is 18.4 Å². The van der Waals surface area contributed by atoms with E-state index < -0.39 is 0 Å². The van der Waals surface area contributed by atoms with Crippen LogP contribution in [0.2, 0.25) is 0 Å². The zero-order valence-corrected chi connectivity index (χ0v) is 16.4. The third kappa shape index (κ3) is 3.99. The Kier molecular flexibility index (Phi) is 5.25. The third-order valence-corrected chi connectivity index (χ3v) is 5.77. The highest BCUT2D eigenvalue weighted by atomic mass is 32.1. The zero-order chi connectivity index (χ0) is 19.5. The largest absolute Gasteiger partial charge is 0.459 e. The number of carbonyl (C=O) groups is 2. The SMILES string of the molecule is Cc1ccc(-c2nc(CC(=O)N3CCN(C(=O)c4ccco4)CC3)cs2)cc1. The number of rotatable bonds is 4. The molecule has 4 rings (SSSR count). The zero-order valence-electron chi connectivity index (χ0n) is 15.6. The molecule has 1 fully saturated rings. The second-order valence-corrected chi connectivity index (χ2v) is 7.70. The predicted molar refractivity (Wildman–Crippen MR) is 107 cm³/mol. The smallest absolute Gasteiger partial charge is 0.289 e. The van der Waals surface area contributed by atoms with E-state index in [9.17, 15) is 9.59 Å². The summed E-state index contributed by atoms with van der Waals surface area (Å²) >= 11 is 1.55. The van der Waals surface area contributed by atoms with Crippen LogP contribution in [-0.4, -0.2) is 52.8 Å². The lowest BCUT2D eigenvalue weighted by Gasteiger charge is -2.34. The average molecular weight is 395 g/mol. The van der Waals surface area contributed by atoms with Gasteiger partial charge in [-0.15, -0.1) is 11.3 Å². The first kappa shape index (κ1) is 18.4. The van der Waals surface area contributed by atoms with E-state index in [2.05, 4.69) is 36.2 Å². The number of furan rings is 1. The van der Waals surface area contributed by atoms with Gasteiger partial charge in [0.15, 0.2) is 5.76 Å². The minimum atomic E-state index is -0.126. The number of piperazine rings is 1. The minimum Gasteiger partial charge on any atom is -0.459 e. The molecule has 0 unspecified atom stereocenters. The van der Waals surface area contributed by atoms with Crippen molar-refractivity contribution in [1.29, 1.82) is 0 Å². The molecule has 1 aliphatic heterocycles. The van der Waals surface area contributed by atoms with E-state index in [1.807, 2.05) is 5.38 Å². The van der Waals surface area contributed by atoms with Crippen molar-refractivity contribution in [2.45, 2.75) is 13.3 Å². The lowest BCUT2D eigenvalue weighted by atomic mass is 10.2. The Morgan fingerprint density at radius 1 is 1.07 bits per heavy atom. The van der Waals surface area contributed by atoms with E-state index in [0.717, 1.165) is 16.3 Å². The Morgan fingerprint density at radius 3 is 2.46 bits per heavy atom. The molecule has 144 valence electrons. The molecule has 3 aromatic rings. The summed E-state index contributed by atoms with van der Waals surface area (Å²) in [5.74, 6) is 0.260. The van der Waals surface area contributed by atoms with Crippen LogP contribution >= 0.6 is 11.3 Å². The third-order valence-electron chi connectivity index (χ3n) is 4.83. The molecule has 0 saturated carbocycles. The monoisotopic (exact) mass is 395 g/mol. The van der Waals surface area contributed by atoms with E-state index in [1.54, 1.807) is 33.3 Å². The highest BCUT2D eigenvalue weighted by molar-refractivity contribution is 7.13. The first-order valence-corrected chi connectivity index (χ1v) is 10.1. The Morgan fingerprint density at radius 2 is 1.79 bits per heavy atom. The van der Waals surface area contributed by atoms with Gasteiger partial charge in [0, 0.05) is 37.1 Å². The van der Waals surface area contributed by atoms with E-state index in [1.165, 1.54) is 11.8 Å². The Labute approximate surface area is 167 Å². The van der Waals surface area contributed by atoms with Gasteiger partial charge in [-0.2, -0.15) is 0 Å². The lowest BCUT2D eigenvalue weighted by molar-refractivity contribution is -0.132. The molecule has 6 nitrogen and oxygen atoms in total. The standard InChI is InChI=1S/C21H21N3O3S/c1-15-4-6-16(7-5-15)20-22-17(14-28-20)13-19(25)23-8-10-24(11-9-23)21(26)18-3-2-12-27-18/h2-7,12,14H,8-11,13H2,1H3. The molecular formula is C21H21N3O3S. The molecule has 1 aliphatic rings. The topological polar surface area (TPSA) is 66.7 Å². The summed E-state index contributed by atoms with van der Waals surface area (Å²) in [4.78, 5) is 33.1. The number of amides is 2. The van der Waals surface area contributed by atoms with E-state index >= 15 is 0 Å². The number of aryl methyl sites for hydroxylation is 1. The van der Waals surface area contributed by atoms with Gasteiger partial charge in [-0.25, -0.2) is 4.98 Å². The normalized spacial score (nSPS) is 14.3. The number of carbonyl (C=O) groups excluding carboxylic acids is 2. The van der Waals surface area contributed by atoms with Crippen LogP contribution < -0.4 is 0 Å². The molecule has 0 radical (unpaired) electrons. The summed E-state index contributed by atoms with van der Waals surface area (Å²) in [6.45, 7) is 4.13. The number of thiazole rings is 1. The van der Waals surface area contributed by atoms with Gasteiger partial charge in [-0.3, -0.25) is 9.59 Å². The van der Waals surface area contributed by atoms with Crippen LogP contribution in [0.3, 0.4) is 0 Å². The van der Waals surface area contributed by atoms with Crippen molar-refractivity contribution in [3.8, 4) is 10.6 Å². The molecule has 3 heterocycles. The fraction of sp³-hybridized carbons (Fsp3) is 0.286. The van der Waals surface area contributed by atoms with E-state index in [-0.39, 0.29) is 18.2 Å². The number of nitrogens with zero attached hydrogens (tertiary/aromatic N) is 3. The van der Waals surface area contributed by atoms with Crippen molar-refractivity contribution in [1.82, 2.24) is 14.8 Å². The number of benzene rings is 1. The Bertz CT molecular complexity index is 955. The van der Waals surface area contributed by atoms with E-state index in [0.29, 0.717) is 31.9 Å². The summed E-state index contributed by atoms with van der Waals surface area (Å²) in [5.41, 5.74) is 3.07. The Hall–Kier alpha value is -2.93. The fourth-order valence-electron chi connectivity index (χ4n) is 3.20. The van der Waals surface area contributed by atoms with Gasteiger partial charge >= 0.3 is 0 Å². The molecule has 0 bridgehead atoms. The second kappa shape index (κ2) is 7.98. The first-order chi connectivity index (χ1) is 13.6. The van der Waals surface area contributed by atoms with Crippen LogP contribution in [0.4, 0.5) is 0 Å². The molecule has 1 saturated heterocycles. The number of aromatic nitrogens is 1. The highest BCUT2D eigenvalue weighted by Crippen LogP contribution is 2.24. The molecule has 0 N–H and O–H groups in total. The minimum absolute atomic E-state index is 0.0471. The van der Waals surface area contributed by atoms with Crippen LogP contribution in [0.1, 0.15) is 21.8 Å². The molecule has 1 aromatic carbocycles. The summed E-state index contributed by atoms with van der Waals surface area (Å²) < 4.78 is 5.17. The molecule has 7 heteroatoms. The van der Waals surface area contributed by atoms with Gasteiger partial charge in [0.25, 0.3) is 5.91 Å². The van der Waals surface area contributed by atoms with Crippen LogP contribution in [0, 0.1) is 6.92 Å². The summed E-state index contributed by atoms with van der Waals surface area (Å²) in [5, 5.41) is 2.88. The predicted octanol–water partition coefficient (Wildman–Crippen LogP) is 3.24. The maximum Gasteiger partial charge on any atom is 0.289 e. The van der Waals surface area contributed by atoms with Crippen molar-refractivity contribution in [3.05, 3.63) is 65.1 Å². The highest BCUT2D eigenvalue weighted by Gasteiger charge is 2.26. The van der Waals surface area contributed by atoms with Gasteiger partial charge in [0.2, 0.25) is 5.91 Å². The Balaban J connectivity index is 1.32. The van der Waals surface area contributed by atoms with Crippen molar-refractivity contribution >= 4 is 23.2 Å². The average Bonchev–Trinajstić information content (AvgIpc) is 3.40. The maximum atomic E-state index is 12.6. The summed E-state index contributed by atoms with van der Waals surface area (Å²) in [6.07, 6.45) is 1.78. The number of hydrogen-bond donors (Lipinski definition) is 0. The van der Waals surface area contributed by atoms with Gasteiger partial charge in [-0.05, 0) is 19.1 Å². The van der Waals surface area contributed by atoms with Crippen molar-refractivity contribution < 1.29 is 14.0 Å². The quantitative estimate of drug-likeness (QED) is 0.680. The van der Waals surface area contributed by atoms with Crippen LogP contribution in [0.5, 0.6) is 0 Å². The van der Waals surface area contributed by atoms with Crippen molar-refractivity contribution in [2.75, 3.05) is 26.2 Å². The number of hydrogen-bond acceptors (Lipinski definition) is 5. The molecular weight excluding hydrogens is 374 g/mol. The molecule has 0 atom stereocenters. The van der Waals surface area contributed by atoms with Crippen molar-refractivity contribution in [3.63, 3.8) is 0 Å². The first-order valence-electron chi connectivity index (χ1n) is 9.22. The summed E-state index contributed by atoms with van der Waals surface area (Å²) in [6, 6.07) is 11.6. The van der Waals surface area contributed by atoms with Gasteiger partial charge in [-0.1, -0.05) is 29.8 Å². The van der Waals surface area contributed by atoms with Gasteiger partial charge in [0.1, 0.15) is 5.01 Å². The second-order valence-electron chi connectivity index (χ2n) is 6.84. The molecule has 2 amide bonds. The van der Waals surface area contributed by atoms with Crippen LogP contribution in [0.25, 0.3) is 10.6 Å².